The third-order valence-corrected chi connectivity index (χ3v) is 1.84. The molecule has 1 fully saturated rings. The number of amides is 1. The molecule has 11 heavy (non-hydrogen) atoms. The van der Waals surface area contributed by atoms with Crippen LogP contribution in [0.1, 0.15) is 13.3 Å². The molecule has 0 aromatic carbocycles. The Morgan fingerprint density at radius 2 is 2.36 bits per heavy atom. The fraction of sp³-hybridized carbons (Fsp3) is 0.857. The molecule has 0 aliphatic carbocycles. The Bertz CT molecular complexity index is 147. The van der Waals surface area contributed by atoms with Crippen molar-refractivity contribution in [3.63, 3.8) is 0 Å². The first-order valence-corrected chi connectivity index (χ1v) is 3.88. The normalized spacial score (nSPS) is 28.9. The topological polar surface area (TPSA) is 61.4 Å². The molecule has 4 nitrogen and oxygen atoms in total. The summed E-state index contributed by atoms with van der Waals surface area (Å²) in [5, 5.41) is 15.0. The van der Waals surface area contributed by atoms with Crippen LogP contribution in [-0.4, -0.2) is 36.2 Å². The Hall–Kier alpha value is -0.610. The van der Waals surface area contributed by atoms with Crippen molar-refractivity contribution >= 4 is 5.91 Å². The molecule has 0 radical (unpaired) electrons. The van der Waals surface area contributed by atoms with Gasteiger partial charge in [-0.2, -0.15) is 0 Å². The number of hydrogen-bond acceptors (Lipinski definition) is 3. The second-order valence-corrected chi connectivity index (χ2v) is 2.86. The lowest BCUT2D eigenvalue weighted by molar-refractivity contribution is -0.121. The molecule has 64 valence electrons. The van der Waals surface area contributed by atoms with Crippen molar-refractivity contribution in [2.75, 3.05) is 13.1 Å². The van der Waals surface area contributed by atoms with E-state index in [9.17, 15) is 9.90 Å². The molecule has 1 rings (SSSR count). The van der Waals surface area contributed by atoms with Crippen LogP contribution in [0.4, 0.5) is 0 Å². The third-order valence-electron chi connectivity index (χ3n) is 1.84. The first-order valence-electron chi connectivity index (χ1n) is 3.88. The van der Waals surface area contributed by atoms with Crippen molar-refractivity contribution < 1.29 is 9.90 Å². The van der Waals surface area contributed by atoms with Crippen molar-refractivity contribution in [3.8, 4) is 0 Å². The summed E-state index contributed by atoms with van der Waals surface area (Å²) in [4.78, 5) is 10.9. The Morgan fingerprint density at radius 1 is 1.64 bits per heavy atom. The van der Waals surface area contributed by atoms with Crippen LogP contribution in [0.2, 0.25) is 0 Å². The number of carbonyl (C=O) groups excluding carboxylic acids is 1. The molecule has 2 atom stereocenters. The zero-order valence-corrected chi connectivity index (χ0v) is 6.63. The van der Waals surface area contributed by atoms with Crippen LogP contribution in [0.25, 0.3) is 0 Å². The van der Waals surface area contributed by atoms with Gasteiger partial charge in [-0.05, 0) is 6.92 Å². The van der Waals surface area contributed by atoms with Crippen LogP contribution in [0, 0.1) is 0 Å². The molecule has 1 aliphatic heterocycles. The molecular formula is C7H14N2O2. The zero-order chi connectivity index (χ0) is 8.27. The van der Waals surface area contributed by atoms with Gasteiger partial charge >= 0.3 is 0 Å². The number of rotatable bonds is 1. The fourth-order valence-electron chi connectivity index (χ4n) is 1.14. The van der Waals surface area contributed by atoms with Gasteiger partial charge in [0.2, 0.25) is 5.91 Å². The van der Waals surface area contributed by atoms with Crippen molar-refractivity contribution in [1.82, 2.24) is 10.6 Å². The van der Waals surface area contributed by atoms with E-state index in [2.05, 4.69) is 10.6 Å². The van der Waals surface area contributed by atoms with Crippen LogP contribution in [0.15, 0.2) is 0 Å². The predicted molar refractivity (Wildman–Crippen MR) is 41.1 cm³/mol. The highest BCUT2D eigenvalue weighted by Crippen LogP contribution is 2.00. The molecule has 0 saturated carbocycles. The van der Waals surface area contributed by atoms with Gasteiger partial charge in [0.15, 0.2) is 0 Å². The lowest BCUT2D eigenvalue weighted by atomic mass is 10.1. The summed E-state index contributed by atoms with van der Waals surface area (Å²) in [6.07, 6.45) is -0.0867. The van der Waals surface area contributed by atoms with Crippen LogP contribution >= 0.6 is 0 Å². The van der Waals surface area contributed by atoms with Crippen LogP contribution in [0.3, 0.4) is 0 Å². The summed E-state index contributed by atoms with van der Waals surface area (Å²) in [6, 6.07) is -0.0856. The Labute approximate surface area is 66.0 Å². The third kappa shape index (κ3) is 2.48. The summed E-state index contributed by atoms with van der Waals surface area (Å²) >= 11 is 0. The fourth-order valence-corrected chi connectivity index (χ4v) is 1.14. The second kappa shape index (κ2) is 3.69. The average Bonchev–Trinajstić information content (AvgIpc) is 2.13. The van der Waals surface area contributed by atoms with Gasteiger partial charge in [-0.25, -0.2) is 0 Å². The van der Waals surface area contributed by atoms with Gasteiger partial charge in [-0.15, -0.1) is 0 Å². The van der Waals surface area contributed by atoms with E-state index in [-0.39, 0.29) is 11.9 Å². The predicted octanol–water partition coefficient (Wildman–Crippen LogP) is -1.15. The maximum absolute atomic E-state index is 10.9. The summed E-state index contributed by atoms with van der Waals surface area (Å²) in [6.45, 7) is 3.08. The number of hydrogen-bond donors (Lipinski definition) is 3. The molecule has 1 amide bonds. The van der Waals surface area contributed by atoms with E-state index in [1.807, 2.05) is 0 Å². The number of nitrogens with one attached hydrogen (secondary N) is 2. The second-order valence-electron chi connectivity index (χ2n) is 2.86. The SMILES string of the molecule is C[C@H](O)[C@H]1CC(=O)NCCN1. The van der Waals surface area contributed by atoms with E-state index in [1.165, 1.54) is 0 Å². The van der Waals surface area contributed by atoms with Crippen molar-refractivity contribution in [2.45, 2.75) is 25.5 Å². The number of aliphatic hydroxyl groups excluding tert-OH is 1. The highest BCUT2D eigenvalue weighted by Gasteiger charge is 2.20. The maximum Gasteiger partial charge on any atom is 0.221 e. The molecular weight excluding hydrogens is 144 g/mol. The molecule has 0 unspecified atom stereocenters. The number of carbonyl (C=O) groups is 1. The summed E-state index contributed by atoms with van der Waals surface area (Å²) in [5.41, 5.74) is 0. The summed E-state index contributed by atoms with van der Waals surface area (Å²) in [5.74, 6) is 0.0147. The van der Waals surface area contributed by atoms with Gasteiger partial charge in [0.25, 0.3) is 0 Å². The Morgan fingerprint density at radius 3 is 3.00 bits per heavy atom. The Balaban J connectivity index is 2.45. The molecule has 0 bridgehead atoms. The van der Waals surface area contributed by atoms with Crippen LogP contribution < -0.4 is 10.6 Å². The number of aliphatic hydroxyl groups is 1. The van der Waals surface area contributed by atoms with Crippen molar-refractivity contribution in [1.29, 1.82) is 0 Å². The first kappa shape index (κ1) is 8.49. The lowest BCUT2D eigenvalue weighted by Gasteiger charge is -2.16. The van der Waals surface area contributed by atoms with E-state index in [4.69, 9.17) is 0 Å². The van der Waals surface area contributed by atoms with Gasteiger partial charge < -0.3 is 15.7 Å². The monoisotopic (exact) mass is 158 g/mol. The highest BCUT2D eigenvalue weighted by atomic mass is 16.3. The summed E-state index contributed by atoms with van der Waals surface area (Å²) in [7, 11) is 0. The average molecular weight is 158 g/mol. The van der Waals surface area contributed by atoms with Crippen LogP contribution in [-0.2, 0) is 4.79 Å². The van der Waals surface area contributed by atoms with E-state index < -0.39 is 6.10 Å². The smallest absolute Gasteiger partial charge is 0.221 e. The maximum atomic E-state index is 10.9. The minimum atomic E-state index is -0.459. The van der Waals surface area contributed by atoms with Gasteiger partial charge in [-0.3, -0.25) is 4.79 Å². The molecule has 4 heteroatoms. The standard InChI is InChI=1S/C7H14N2O2/c1-5(10)6-4-7(11)9-3-2-8-6/h5-6,8,10H,2-4H2,1H3,(H,9,11)/t5-,6+/m0/s1. The lowest BCUT2D eigenvalue weighted by Crippen LogP contribution is -2.38. The first-order chi connectivity index (χ1) is 5.20. The molecule has 0 aromatic rings. The van der Waals surface area contributed by atoms with Gasteiger partial charge in [0.05, 0.1) is 6.10 Å². The largest absolute Gasteiger partial charge is 0.392 e. The highest BCUT2D eigenvalue weighted by molar-refractivity contribution is 5.76. The minimum Gasteiger partial charge on any atom is -0.392 e. The van der Waals surface area contributed by atoms with E-state index >= 15 is 0 Å². The van der Waals surface area contributed by atoms with Gasteiger partial charge in [0, 0.05) is 25.6 Å². The van der Waals surface area contributed by atoms with Crippen LogP contribution in [0.5, 0.6) is 0 Å². The van der Waals surface area contributed by atoms with E-state index in [0.29, 0.717) is 13.0 Å². The zero-order valence-electron chi connectivity index (χ0n) is 6.63. The van der Waals surface area contributed by atoms with E-state index in [1.54, 1.807) is 6.92 Å². The van der Waals surface area contributed by atoms with Crippen molar-refractivity contribution in [3.05, 3.63) is 0 Å². The van der Waals surface area contributed by atoms with Crippen molar-refractivity contribution in [2.24, 2.45) is 0 Å². The quantitative estimate of drug-likeness (QED) is 0.451. The molecule has 3 N–H and O–H groups in total. The molecule has 1 saturated heterocycles. The minimum absolute atomic E-state index is 0.0147. The summed E-state index contributed by atoms with van der Waals surface area (Å²) < 4.78 is 0. The van der Waals surface area contributed by atoms with Gasteiger partial charge in [0.1, 0.15) is 0 Å². The Kier molecular flexibility index (Phi) is 2.84. The molecule has 0 aromatic heterocycles. The molecule has 0 spiro atoms. The van der Waals surface area contributed by atoms with E-state index in [0.717, 1.165) is 6.54 Å². The van der Waals surface area contributed by atoms with Gasteiger partial charge in [-0.1, -0.05) is 0 Å². The molecule has 1 heterocycles. The molecule has 1 aliphatic rings.